The van der Waals surface area contributed by atoms with Gasteiger partial charge in [0, 0.05) is 24.2 Å². The number of hydrazine groups is 1. The molecule has 5 nitrogen and oxygen atoms in total. The van der Waals surface area contributed by atoms with Gasteiger partial charge < -0.3 is 15.7 Å². The van der Waals surface area contributed by atoms with Crippen LogP contribution in [0.2, 0.25) is 0 Å². The van der Waals surface area contributed by atoms with Crippen molar-refractivity contribution < 1.29 is 0 Å². The summed E-state index contributed by atoms with van der Waals surface area (Å²) in [6, 6.07) is 4.92. The Hall–Kier alpha value is -1.75. The molecule has 0 aliphatic rings. The smallest absolute Gasteiger partial charge is 0.250 e. The van der Waals surface area contributed by atoms with Gasteiger partial charge in [-0.25, -0.2) is 0 Å². The molecule has 0 aliphatic carbocycles. The van der Waals surface area contributed by atoms with E-state index in [0.29, 0.717) is 12.2 Å². The molecule has 1 aromatic rings. The summed E-state index contributed by atoms with van der Waals surface area (Å²) in [7, 11) is 0. The van der Waals surface area contributed by atoms with E-state index in [4.69, 9.17) is 11.6 Å². The third kappa shape index (κ3) is 2.64. The predicted octanol–water partition coefficient (Wildman–Crippen LogP) is -0.888. The van der Waals surface area contributed by atoms with E-state index in [1.165, 1.54) is 16.8 Å². The van der Waals surface area contributed by atoms with Crippen LogP contribution < -0.4 is 22.6 Å². The lowest BCUT2D eigenvalue weighted by Crippen LogP contribution is -2.23. The number of allylic oxidation sites excluding steroid dienone is 1. The summed E-state index contributed by atoms with van der Waals surface area (Å²) >= 11 is 0. The summed E-state index contributed by atoms with van der Waals surface area (Å²) in [6.45, 7) is 0.337. The number of nitrogens with one attached hydrogen (secondary N) is 1. The number of nitrogens with two attached hydrogens (primary N) is 2. The van der Waals surface area contributed by atoms with Gasteiger partial charge in [0.1, 0.15) is 0 Å². The Bertz CT molecular complexity index is 355. The molecule has 0 aliphatic heterocycles. The molecule has 0 atom stereocenters. The zero-order valence-corrected chi connectivity index (χ0v) is 7.10. The minimum atomic E-state index is -0.0872. The van der Waals surface area contributed by atoms with Crippen molar-refractivity contribution in [2.24, 2.45) is 11.6 Å². The maximum absolute atomic E-state index is 11.2. The van der Waals surface area contributed by atoms with E-state index >= 15 is 0 Å². The minimum absolute atomic E-state index is 0.0872. The van der Waals surface area contributed by atoms with Crippen LogP contribution in [0.3, 0.4) is 0 Å². The van der Waals surface area contributed by atoms with Crippen LogP contribution in [0.4, 0.5) is 0 Å². The molecule has 0 saturated heterocycles. The molecule has 0 aromatic carbocycles. The quantitative estimate of drug-likeness (QED) is 0.416. The van der Waals surface area contributed by atoms with Gasteiger partial charge >= 0.3 is 0 Å². The van der Waals surface area contributed by atoms with Crippen LogP contribution in [-0.4, -0.2) is 4.57 Å². The summed E-state index contributed by atoms with van der Waals surface area (Å²) in [5, 5.41) is 0. The van der Waals surface area contributed by atoms with Crippen molar-refractivity contribution in [3.05, 3.63) is 46.6 Å². The fourth-order valence-corrected chi connectivity index (χ4v) is 0.941. The van der Waals surface area contributed by atoms with E-state index in [0.717, 1.165) is 0 Å². The minimum Gasteiger partial charge on any atom is -0.399 e. The molecule has 70 valence electrons. The Morgan fingerprint density at radius 3 is 3.00 bits per heavy atom. The van der Waals surface area contributed by atoms with Crippen LogP contribution in [0, 0.1) is 0 Å². The molecule has 0 spiro atoms. The average Bonchev–Trinajstić information content (AvgIpc) is 2.09. The molecule has 0 radical (unpaired) electrons. The molecular weight excluding hydrogens is 168 g/mol. The van der Waals surface area contributed by atoms with Gasteiger partial charge in [0.25, 0.3) is 5.56 Å². The molecule has 1 heterocycles. The zero-order valence-electron chi connectivity index (χ0n) is 7.10. The molecule has 5 N–H and O–H groups in total. The van der Waals surface area contributed by atoms with Gasteiger partial charge in [-0.3, -0.25) is 10.6 Å². The first-order valence-electron chi connectivity index (χ1n) is 3.80. The Morgan fingerprint density at radius 1 is 1.62 bits per heavy atom. The SMILES string of the molecule is NN/C=C(\N)Cn1ccccc1=O. The van der Waals surface area contributed by atoms with Gasteiger partial charge in [-0.15, -0.1) is 0 Å². The normalized spacial score (nSPS) is 11.3. The molecule has 0 amide bonds. The Kier molecular flexibility index (Phi) is 3.10. The molecule has 0 bridgehead atoms. The Labute approximate surface area is 75.6 Å². The molecule has 1 rings (SSSR count). The van der Waals surface area contributed by atoms with Crippen molar-refractivity contribution in [2.45, 2.75) is 6.54 Å². The first-order chi connectivity index (χ1) is 6.24. The van der Waals surface area contributed by atoms with Crippen LogP contribution in [-0.2, 0) is 6.54 Å². The number of nitrogens with zero attached hydrogens (tertiary/aromatic N) is 1. The van der Waals surface area contributed by atoms with Crippen molar-refractivity contribution >= 4 is 0 Å². The van der Waals surface area contributed by atoms with E-state index in [-0.39, 0.29) is 5.56 Å². The van der Waals surface area contributed by atoms with Crippen LogP contribution in [0.5, 0.6) is 0 Å². The Balaban J connectivity index is 2.81. The molecule has 0 saturated carbocycles. The maximum atomic E-state index is 11.2. The van der Waals surface area contributed by atoms with Gasteiger partial charge in [0.05, 0.1) is 6.54 Å². The van der Waals surface area contributed by atoms with E-state index < -0.39 is 0 Å². The van der Waals surface area contributed by atoms with Gasteiger partial charge in [0.15, 0.2) is 0 Å². The largest absolute Gasteiger partial charge is 0.399 e. The summed E-state index contributed by atoms with van der Waals surface area (Å²) in [6.07, 6.45) is 3.11. The van der Waals surface area contributed by atoms with Crippen molar-refractivity contribution in [2.75, 3.05) is 0 Å². The highest BCUT2D eigenvalue weighted by atomic mass is 16.1. The van der Waals surface area contributed by atoms with E-state index in [2.05, 4.69) is 5.43 Å². The first kappa shape index (κ1) is 9.34. The highest BCUT2D eigenvalue weighted by Crippen LogP contribution is 1.87. The third-order valence-electron chi connectivity index (χ3n) is 1.52. The highest BCUT2D eigenvalue weighted by molar-refractivity contribution is 4.99. The van der Waals surface area contributed by atoms with Crippen molar-refractivity contribution in [3.63, 3.8) is 0 Å². The first-order valence-corrected chi connectivity index (χ1v) is 3.80. The van der Waals surface area contributed by atoms with Gasteiger partial charge in [-0.2, -0.15) is 0 Å². The third-order valence-corrected chi connectivity index (χ3v) is 1.52. The summed E-state index contributed by atoms with van der Waals surface area (Å²) in [4.78, 5) is 11.2. The van der Waals surface area contributed by atoms with E-state index in [1.54, 1.807) is 18.3 Å². The Morgan fingerprint density at radius 2 is 2.38 bits per heavy atom. The molecule has 13 heavy (non-hydrogen) atoms. The van der Waals surface area contributed by atoms with Crippen LogP contribution in [0.1, 0.15) is 0 Å². The summed E-state index contributed by atoms with van der Waals surface area (Å²) in [5.74, 6) is 5.03. The maximum Gasteiger partial charge on any atom is 0.250 e. The second-order valence-corrected chi connectivity index (χ2v) is 2.55. The monoisotopic (exact) mass is 180 g/mol. The fourth-order valence-electron chi connectivity index (χ4n) is 0.941. The molecule has 0 fully saturated rings. The second kappa shape index (κ2) is 4.32. The number of rotatable bonds is 3. The molecule has 0 unspecified atom stereocenters. The van der Waals surface area contributed by atoms with Gasteiger partial charge in [-0.1, -0.05) is 6.07 Å². The molecule has 5 heteroatoms. The lowest BCUT2D eigenvalue weighted by atomic mass is 10.4. The number of aromatic nitrogens is 1. The standard InChI is InChI=1S/C8H12N4O/c9-7(5-11-10)6-12-4-2-1-3-8(12)13/h1-5,11H,6,9-10H2/b7-5-. The zero-order chi connectivity index (χ0) is 9.68. The summed E-state index contributed by atoms with van der Waals surface area (Å²) < 4.78 is 1.49. The molecule has 1 aromatic heterocycles. The second-order valence-electron chi connectivity index (χ2n) is 2.55. The van der Waals surface area contributed by atoms with E-state index in [9.17, 15) is 4.79 Å². The summed E-state index contributed by atoms with van der Waals surface area (Å²) in [5.41, 5.74) is 8.26. The van der Waals surface area contributed by atoms with Crippen molar-refractivity contribution in [3.8, 4) is 0 Å². The van der Waals surface area contributed by atoms with Crippen LogP contribution in [0.25, 0.3) is 0 Å². The van der Waals surface area contributed by atoms with Crippen LogP contribution in [0.15, 0.2) is 41.1 Å². The lowest BCUT2D eigenvalue weighted by Gasteiger charge is -2.04. The van der Waals surface area contributed by atoms with Crippen LogP contribution >= 0.6 is 0 Å². The topological polar surface area (TPSA) is 86.1 Å². The highest BCUT2D eigenvalue weighted by Gasteiger charge is 1.94. The number of hydrogen-bond donors (Lipinski definition) is 3. The predicted molar refractivity (Wildman–Crippen MR) is 50.3 cm³/mol. The average molecular weight is 180 g/mol. The number of pyridine rings is 1. The number of hydrogen-bond acceptors (Lipinski definition) is 4. The van der Waals surface area contributed by atoms with Gasteiger partial charge in [-0.05, 0) is 6.07 Å². The van der Waals surface area contributed by atoms with Crippen molar-refractivity contribution in [1.82, 2.24) is 9.99 Å². The van der Waals surface area contributed by atoms with Gasteiger partial charge in [0.2, 0.25) is 0 Å². The van der Waals surface area contributed by atoms with E-state index in [1.807, 2.05) is 0 Å². The fraction of sp³-hybridized carbons (Fsp3) is 0.125. The lowest BCUT2D eigenvalue weighted by molar-refractivity contribution is 0.730. The molecular formula is C8H12N4O. The van der Waals surface area contributed by atoms with Crippen molar-refractivity contribution in [1.29, 1.82) is 0 Å².